The average molecular weight is 335 g/mol. The van der Waals surface area contributed by atoms with Crippen molar-refractivity contribution >= 4 is 23.2 Å². The molecule has 0 radical (unpaired) electrons. The third-order valence-corrected chi connectivity index (χ3v) is 4.65. The maximum absolute atomic E-state index is 12.8. The summed E-state index contributed by atoms with van der Waals surface area (Å²) >= 11 is 1.35. The van der Waals surface area contributed by atoms with Crippen molar-refractivity contribution in [3.63, 3.8) is 0 Å². The molecule has 1 saturated heterocycles. The number of nitrogens with zero attached hydrogens (tertiary/aromatic N) is 5. The predicted molar refractivity (Wildman–Crippen MR) is 82.3 cm³/mol. The van der Waals surface area contributed by atoms with Gasteiger partial charge in [0.1, 0.15) is 11.2 Å². The van der Waals surface area contributed by atoms with Crippen molar-refractivity contribution < 1.29 is 14.3 Å². The fourth-order valence-electron chi connectivity index (χ4n) is 2.67. The summed E-state index contributed by atoms with van der Waals surface area (Å²) in [7, 11) is 0. The number of ether oxygens (including phenoxy) is 1. The summed E-state index contributed by atoms with van der Waals surface area (Å²) in [5.74, 6) is -0.569. The lowest BCUT2D eigenvalue weighted by Crippen LogP contribution is -2.42. The van der Waals surface area contributed by atoms with Gasteiger partial charge in [0.25, 0.3) is 5.91 Å². The zero-order valence-electron chi connectivity index (χ0n) is 12.7. The Balaban J connectivity index is 1.76. The van der Waals surface area contributed by atoms with Crippen molar-refractivity contribution in [3.8, 4) is 5.69 Å². The van der Waals surface area contributed by atoms with Crippen molar-refractivity contribution in [2.75, 3.05) is 19.7 Å². The quantitative estimate of drug-likeness (QED) is 0.778. The highest BCUT2D eigenvalue weighted by Crippen LogP contribution is 2.25. The number of aromatic nitrogens is 4. The molecule has 1 aliphatic rings. The smallest absolute Gasteiger partial charge is 0.310 e. The predicted octanol–water partition coefficient (Wildman–Crippen LogP) is 1.14. The van der Waals surface area contributed by atoms with E-state index in [1.807, 2.05) is 5.38 Å². The van der Waals surface area contributed by atoms with E-state index in [4.69, 9.17) is 4.74 Å². The van der Waals surface area contributed by atoms with E-state index in [0.717, 1.165) is 12.8 Å². The number of carbonyl (C=O) groups is 2. The normalized spacial score (nSPS) is 18.0. The summed E-state index contributed by atoms with van der Waals surface area (Å²) in [6.07, 6.45) is 3.00. The van der Waals surface area contributed by atoms with Crippen LogP contribution in [-0.2, 0) is 9.53 Å². The second-order valence-electron chi connectivity index (χ2n) is 5.23. The van der Waals surface area contributed by atoms with E-state index in [1.54, 1.807) is 17.9 Å². The van der Waals surface area contributed by atoms with Gasteiger partial charge in [-0.05, 0) is 41.6 Å². The summed E-state index contributed by atoms with van der Waals surface area (Å²) < 4.78 is 6.55. The third-order valence-electron chi connectivity index (χ3n) is 3.76. The van der Waals surface area contributed by atoms with Crippen LogP contribution in [0.15, 0.2) is 17.8 Å². The number of likely N-dealkylation sites (tertiary alicyclic amines) is 1. The summed E-state index contributed by atoms with van der Waals surface area (Å²) in [6.45, 7) is 3.18. The number of hydrogen-bond acceptors (Lipinski definition) is 7. The molecular weight excluding hydrogens is 318 g/mol. The highest BCUT2D eigenvalue weighted by atomic mass is 32.1. The zero-order valence-corrected chi connectivity index (χ0v) is 13.5. The van der Waals surface area contributed by atoms with Gasteiger partial charge in [-0.15, -0.1) is 16.4 Å². The van der Waals surface area contributed by atoms with E-state index in [1.165, 1.54) is 22.3 Å². The molecule has 2 aromatic heterocycles. The standard InChI is InChI=1S/C14H17N5O3S/c1-2-22-14(21)10-4-3-6-18(8-10)13(20)12-11(5-7-23-12)19-9-15-16-17-19/h5,7,9-10H,2-4,6,8H2,1H3. The molecule has 0 bridgehead atoms. The molecule has 3 heterocycles. The first kappa shape index (κ1) is 15.6. The van der Waals surface area contributed by atoms with E-state index < -0.39 is 0 Å². The highest BCUT2D eigenvalue weighted by molar-refractivity contribution is 7.12. The molecular formula is C14H17N5O3S. The number of carbonyl (C=O) groups excluding carboxylic acids is 2. The van der Waals surface area contributed by atoms with Gasteiger partial charge in [0.05, 0.1) is 18.2 Å². The van der Waals surface area contributed by atoms with Gasteiger partial charge in [-0.1, -0.05) is 0 Å². The number of thiophene rings is 1. The lowest BCUT2D eigenvalue weighted by molar-refractivity contribution is -0.149. The Bertz CT molecular complexity index is 684. The summed E-state index contributed by atoms with van der Waals surface area (Å²) in [4.78, 5) is 27.0. The molecule has 0 saturated carbocycles. The van der Waals surface area contributed by atoms with Gasteiger partial charge in [-0.25, -0.2) is 0 Å². The van der Waals surface area contributed by atoms with Crippen molar-refractivity contribution in [2.24, 2.45) is 5.92 Å². The zero-order chi connectivity index (χ0) is 16.2. The van der Waals surface area contributed by atoms with Crippen LogP contribution in [0.25, 0.3) is 5.69 Å². The monoisotopic (exact) mass is 335 g/mol. The fraction of sp³-hybridized carbons (Fsp3) is 0.500. The minimum atomic E-state index is -0.246. The summed E-state index contributed by atoms with van der Waals surface area (Å²) in [5, 5.41) is 12.9. The van der Waals surface area contributed by atoms with Gasteiger partial charge < -0.3 is 9.64 Å². The SMILES string of the molecule is CCOC(=O)C1CCCN(C(=O)c2sccc2-n2cnnn2)C1. The number of rotatable bonds is 4. The van der Waals surface area contributed by atoms with Gasteiger partial charge in [-0.3, -0.25) is 9.59 Å². The minimum absolute atomic E-state index is 0.0977. The largest absolute Gasteiger partial charge is 0.466 e. The van der Waals surface area contributed by atoms with Gasteiger partial charge in [0.2, 0.25) is 0 Å². The second-order valence-corrected chi connectivity index (χ2v) is 6.15. The molecule has 0 aliphatic carbocycles. The maximum atomic E-state index is 12.8. The maximum Gasteiger partial charge on any atom is 0.310 e. The van der Waals surface area contributed by atoms with Crippen molar-refractivity contribution in [1.82, 2.24) is 25.1 Å². The Morgan fingerprint density at radius 2 is 2.35 bits per heavy atom. The van der Waals surface area contributed by atoms with E-state index >= 15 is 0 Å². The van der Waals surface area contributed by atoms with E-state index in [2.05, 4.69) is 15.5 Å². The van der Waals surface area contributed by atoms with Crippen molar-refractivity contribution in [2.45, 2.75) is 19.8 Å². The number of esters is 1. The molecule has 1 amide bonds. The molecule has 23 heavy (non-hydrogen) atoms. The van der Waals surface area contributed by atoms with E-state index in [-0.39, 0.29) is 17.8 Å². The van der Waals surface area contributed by atoms with Crippen molar-refractivity contribution in [3.05, 3.63) is 22.7 Å². The highest BCUT2D eigenvalue weighted by Gasteiger charge is 2.31. The van der Waals surface area contributed by atoms with Gasteiger partial charge in [0, 0.05) is 13.1 Å². The van der Waals surface area contributed by atoms with Crippen molar-refractivity contribution in [1.29, 1.82) is 0 Å². The summed E-state index contributed by atoms with van der Waals surface area (Å²) in [6, 6.07) is 1.81. The van der Waals surface area contributed by atoms with Crippen LogP contribution in [0.2, 0.25) is 0 Å². The molecule has 1 aliphatic heterocycles. The first-order valence-corrected chi connectivity index (χ1v) is 8.35. The lowest BCUT2D eigenvalue weighted by Gasteiger charge is -2.31. The lowest BCUT2D eigenvalue weighted by atomic mass is 9.98. The number of hydrogen-bond donors (Lipinski definition) is 0. The van der Waals surface area contributed by atoms with E-state index in [9.17, 15) is 9.59 Å². The van der Waals surface area contributed by atoms with E-state index in [0.29, 0.717) is 30.3 Å². The second kappa shape index (κ2) is 6.86. The Kier molecular flexibility index (Phi) is 4.65. The molecule has 9 heteroatoms. The number of amides is 1. The Morgan fingerprint density at radius 3 is 3.09 bits per heavy atom. The third kappa shape index (κ3) is 3.24. The number of piperidine rings is 1. The van der Waals surface area contributed by atoms with Crippen LogP contribution in [0, 0.1) is 5.92 Å². The van der Waals surface area contributed by atoms with Crippen LogP contribution < -0.4 is 0 Å². The van der Waals surface area contributed by atoms with Gasteiger partial charge in [-0.2, -0.15) is 4.68 Å². The number of tetrazole rings is 1. The Morgan fingerprint density at radius 1 is 1.48 bits per heavy atom. The van der Waals surface area contributed by atoms with Crippen LogP contribution in [-0.4, -0.2) is 56.7 Å². The first-order valence-electron chi connectivity index (χ1n) is 7.47. The molecule has 1 unspecified atom stereocenters. The van der Waals surface area contributed by atoms with Crippen LogP contribution in [0.1, 0.15) is 29.4 Å². The molecule has 2 aromatic rings. The average Bonchev–Trinajstić information content (AvgIpc) is 3.25. The van der Waals surface area contributed by atoms with Crippen LogP contribution in [0.5, 0.6) is 0 Å². The molecule has 1 atom stereocenters. The van der Waals surface area contributed by atoms with Crippen LogP contribution in [0.4, 0.5) is 0 Å². The van der Waals surface area contributed by atoms with Crippen LogP contribution in [0.3, 0.4) is 0 Å². The van der Waals surface area contributed by atoms with Crippen LogP contribution >= 0.6 is 11.3 Å². The van der Waals surface area contributed by atoms with Gasteiger partial charge >= 0.3 is 5.97 Å². The topological polar surface area (TPSA) is 90.2 Å². The molecule has 0 aromatic carbocycles. The van der Waals surface area contributed by atoms with Gasteiger partial charge in [0.15, 0.2) is 0 Å². The minimum Gasteiger partial charge on any atom is -0.466 e. The molecule has 1 fully saturated rings. The molecule has 8 nitrogen and oxygen atoms in total. The fourth-order valence-corrected chi connectivity index (χ4v) is 3.52. The Hall–Kier alpha value is -2.29. The first-order chi connectivity index (χ1) is 11.2. The molecule has 0 spiro atoms. The molecule has 3 rings (SSSR count). The molecule has 0 N–H and O–H groups in total. The Labute approximate surface area is 137 Å². The summed E-state index contributed by atoms with van der Waals surface area (Å²) in [5.41, 5.74) is 0.656. The molecule has 122 valence electrons.